The number of aldehydes is 1. The highest BCUT2D eigenvalue weighted by molar-refractivity contribution is 6.34. The number of amidine groups is 1. The molecule has 1 aromatic carbocycles. The third-order valence-corrected chi connectivity index (χ3v) is 5.10. The summed E-state index contributed by atoms with van der Waals surface area (Å²) >= 11 is 6.33. The van der Waals surface area contributed by atoms with E-state index in [-0.39, 0.29) is 6.61 Å². The van der Waals surface area contributed by atoms with E-state index >= 15 is 0 Å². The molecule has 1 aliphatic heterocycles. The van der Waals surface area contributed by atoms with Crippen molar-refractivity contribution in [3.05, 3.63) is 40.4 Å². The van der Waals surface area contributed by atoms with Gasteiger partial charge in [-0.25, -0.2) is 15.3 Å². The van der Waals surface area contributed by atoms with Crippen LogP contribution in [0, 0.1) is 0 Å². The molecule has 1 atom stereocenters. The summed E-state index contributed by atoms with van der Waals surface area (Å²) < 4.78 is 17.0. The summed E-state index contributed by atoms with van der Waals surface area (Å²) in [5.74, 6) is 3.03. The molecular formula is C19H20ClN3O5. The van der Waals surface area contributed by atoms with Crippen molar-refractivity contribution in [1.82, 2.24) is 10.5 Å². The zero-order chi connectivity index (χ0) is 19.5. The number of carbonyl (C=O) groups is 1. The lowest BCUT2D eigenvalue weighted by molar-refractivity contribution is -0.118. The average Bonchev–Trinajstić information content (AvgIpc) is 3.46. The smallest absolute Gasteiger partial charge is 0.259 e. The Morgan fingerprint density at radius 3 is 2.86 bits per heavy atom. The number of ether oxygens (including phenoxy) is 2. The summed E-state index contributed by atoms with van der Waals surface area (Å²) in [4.78, 5) is 24.3. The summed E-state index contributed by atoms with van der Waals surface area (Å²) in [6.45, 7) is 0.175. The Hall–Kier alpha value is -2.58. The molecule has 148 valence electrons. The number of rotatable bonds is 7. The minimum Gasteiger partial charge on any atom is -0.485 e. The van der Waals surface area contributed by atoms with E-state index in [1.807, 2.05) is 0 Å². The molecule has 0 spiro atoms. The molecule has 9 heteroatoms. The van der Waals surface area contributed by atoms with E-state index in [0.29, 0.717) is 46.0 Å². The molecule has 1 saturated carbocycles. The summed E-state index contributed by atoms with van der Waals surface area (Å²) in [6, 6.07) is 5.15. The summed E-state index contributed by atoms with van der Waals surface area (Å²) in [6.07, 6.45) is 4.31. The molecule has 2 aliphatic rings. The zero-order valence-corrected chi connectivity index (χ0v) is 16.1. The average molecular weight is 406 g/mol. The van der Waals surface area contributed by atoms with Gasteiger partial charge in [-0.05, 0) is 31.0 Å². The van der Waals surface area contributed by atoms with Gasteiger partial charge in [-0.1, -0.05) is 24.4 Å². The highest BCUT2D eigenvalue weighted by Gasteiger charge is 2.25. The molecule has 0 bridgehead atoms. The maximum atomic E-state index is 10.7. The first-order valence-corrected chi connectivity index (χ1v) is 9.47. The third kappa shape index (κ3) is 3.83. The van der Waals surface area contributed by atoms with Crippen LogP contribution in [0.15, 0.2) is 27.6 Å². The molecule has 2 heterocycles. The summed E-state index contributed by atoms with van der Waals surface area (Å²) in [5.41, 5.74) is 3.20. The van der Waals surface area contributed by atoms with Crippen LogP contribution in [-0.4, -0.2) is 30.4 Å². The van der Waals surface area contributed by atoms with Crippen LogP contribution in [0.2, 0.25) is 5.02 Å². The van der Waals surface area contributed by atoms with Crippen LogP contribution < -0.4 is 15.0 Å². The molecule has 0 saturated heterocycles. The fourth-order valence-corrected chi connectivity index (χ4v) is 3.62. The Kier molecular flexibility index (Phi) is 5.50. The van der Waals surface area contributed by atoms with E-state index in [2.05, 4.69) is 15.5 Å². The Morgan fingerprint density at radius 1 is 1.36 bits per heavy atom. The van der Waals surface area contributed by atoms with E-state index in [1.165, 1.54) is 12.8 Å². The van der Waals surface area contributed by atoms with Gasteiger partial charge in [0.25, 0.3) is 5.88 Å². The molecule has 1 aliphatic carbocycles. The van der Waals surface area contributed by atoms with Crippen LogP contribution >= 0.6 is 11.6 Å². The van der Waals surface area contributed by atoms with Gasteiger partial charge in [0, 0.05) is 11.5 Å². The number of nitrogens with one attached hydrogen (secondary N) is 1. The van der Waals surface area contributed by atoms with Gasteiger partial charge in [0.2, 0.25) is 17.9 Å². The minimum atomic E-state index is -0.866. The number of aromatic nitrogens is 1. The fourth-order valence-electron chi connectivity index (χ4n) is 3.36. The Morgan fingerprint density at radius 2 is 2.18 bits per heavy atom. The monoisotopic (exact) mass is 405 g/mol. The number of oxazole rings is 1. The van der Waals surface area contributed by atoms with Gasteiger partial charge in [0.1, 0.15) is 5.75 Å². The number of hydrogen-bond acceptors (Lipinski definition) is 8. The van der Waals surface area contributed by atoms with Crippen LogP contribution in [0.4, 0.5) is 0 Å². The van der Waals surface area contributed by atoms with Crippen LogP contribution in [0.1, 0.15) is 48.8 Å². The Bertz CT molecular complexity index is 892. The van der Waals surface area contributed by atoms with Gasteiger partial charge in [-0.15, -0.1) is 0 Å². The van der Waals surface area contributed by atoms with Crippen molar-refractivity contribution in [2.75, 3.05) is 7.11 Å². The predicted octanol–water partition coefficient (Wildman–Crippen LogP) is 3.38. The number of methoxy groups -OCH3 is 1. The van der Waals surface area contributed by atoms with Crippen molar-refractivity contribution in [2.45, 2.75) is 44.4 Å². The second-order valence-corrected chi connectivity index (χ2v) is 7.03. The van der Waals surface area contributed by atoms with E-state index in [9.17, 15) is 4.79 Å². The highest BCUT2D eigenvalue weighted by Crippen LogP contribution is 2.36. The van der Waals surface area contributed by atoms with Crippen LogP contribution in [0.5, 0.6) is 11.6 Å². The molecule has 0 radical (unpaired) electrons. The van der Waals surface area contributed by atoms with Crippen molar-refractivity contribution in [1.29, 1.82) is 0 Å². The molecule has 0 amide bonds. The maximum Gasteiger partial charge on any atom is 0.259 e. The number of benzene rings is 1. The van der Waals surface area contributed by atoms with Crippen molar-refractivity contribution in [3.63, 3.8) is 0 Å². The van der Waals surface area contributed by atoms with Gasteiger partial charge in [-0.3, -0.25) is 4.79 Å². The van der Waals surface area contributed by atoms with Crippen molar-refractivity contribution in [3.8, 4) is 11.6 Å². The van der Waals surface area contributed by atoms with Crippen molar-refractivity contribution in [2.24, 2.45) is 4.99 Å². The van der Waals surface area contributed by atoms with Crippen LogP contribution in [0.3, 0.4) is 0 Å². The highest BCUT2D eigenvalue weighted by atomic mass is 35.5. The minimum absolute atomic E-state index is 0.175. The number of hydrogen-bond donors (Lipinski definition) is 1. The lowest BCUT2D eigenvalue weighted by Crippen LogP contribution is -2.19. The quantitative estimate of drug-likeness (QED) is 0.705. The van der Waals surface area contributed by atoms with Crippen molar-refractivity contribution >= 4 is 23.7 Å². The third-order valence-electron chi connectivity index (χ3n) is 4.79. The van der Waals surface area contributed by atoms with E-state index in [0.717, 1.165) is 18.7 Å². The van der Waals surface area contributed by atoms with Crippen LogP contribution in [-0.2, 0) is 16.2 Å². The number of nitrogens with zero attached hydrogens (tertiary/aromatic N) is 2. The summed E-state index contributed by atoms with van der Waals surface area (Å²) in [7, 11) is 1.56. The fraction of sp³-hybridized carbons (Fsp3) is 0.421. The van der Waals surface area contributed by atoms with E-state index in [1.54, 1.807) is 25.3 Å². The topological polar surface area (TPSA) is 95.2 Å². The lowest BCUT2D eigenvalue weighted by atomic mass is 10.1. The van der Waals surface area contributed by atoms with Gasteiger partial charge < -0.3 is 13.9 Å². The molecule has 4 rings (SSSR count). The normalized spacial score (nSPS) is 19.4. The first kappa shape index (κ1) is 18.8. The molecule has 28 heavy (non-hydrogen) atoms. The first-order chi connectivity index (χ1) is 13.7. The van der Waals surface area contributed by atoms with E-state index in [4.69, 9.17) is 30.3 Å². The number of halogens is 1. The summed E-state index contributed by atoms with van der Waals surface area (Å²) in [5, 5.41) is 0.412. The second kappa shape index (κ2) is 8.20. The number of hydroxylamine groups is 1. The zero-order valence-electron chi connectivity index (χ0n) is 15.3. The van der Waals surface area contributed by atoms with Gasteiger partial charge in [0.05, 0.1) is 12.1 Å². The first-order valence-electron chi connectivity index (χ1n) is 9.09. The molecule has 1 aromatic heterocycles. The van der Waals surface area contributed by atoms with Gasteiger partial charge in [0.15, 0.2) is 18.7 Å². The molecule has 1 unspecified atom stereocenters. The molecule has 2 aromatic rings. The van der Waals surface area contributed by atoms with Gasteiger partial charge in [-0.2, -0.15) is 4.98 Å². The second-order valence-electron chi connectivity index (χ2n) is 6.62. The largest absolute Gasteiger partial charge is 0.485 e. The van der Waals surface area contributed by atoms with Crippen LogP contribution in [0.25, 0.3) is 0 Å². The number of carbonyl (C=O) groups excluding carboxylic acids is 1. The maximum absolute atomic E-state index is 10.7. The number of aliphatic imine (C=N–C) groups is 1. The Balaban J connectivity index is 1.45. The molecular weight excluding hydrogens is 386 g/mol. The Labute approximate surface area is 166 Å². The molecule has 1 N–H and O–H groups in total. The lowest BCUT2D eigenvalue weighted by Gasteiger charge is -2.08. The standard InChI is InChI=1S/C19H20ClN3O5/c1-25-19-15(27-18(22-19)11-4-2-3-5-11)10-26-12-6-7-13(14(20)8-12)17-21-16(9-24)28-23-17/h6-9,11,16H,2-5,10H2,1H3,(H,21,23). The SMILES string of the molecule is COc1nc(C2CCCC2)oc1COc1ccc(C2=NC(C=O)ON2)c(Cl)c1. The van der Waals surface area contributed by atoms with Crippen molar-refractivity contribution < 1.29 is 23.5 Å². The van der Waals surface area contributed by atoms with Gasteiger partial charge >= 0.3 is 0 Å². The molecule has 1 fully saturated rings. The predicted molar refractivity (Wildman–Crippen MR) is 101 cm³/mol. The molecule has 8 nitrogen and oxygen atoms in total. The van der Waals surface area contributed by atoms with E-state index < -0.39 is 6.23 Å².